The number of hydrogen-bond acceptors (Lipinski definition) is 8. The molecule has 0 amide bonds. The van der Waals surface area contributed by atoms with Crippen molar-refractivity contribution in [2.75, 3.05) is 26.4 Å². The predicted octanol–water partition coefficient (Wildman–Crippen LogP) is -0.105. The Labute approximate surface area is 128 Å². The quantitative estimate of drug-likeness (QED) is 0.209. The van der Waals surface area contributed by atoms with Crippen LogP contribution >= 0.6 is 0 Å². The number of aliphatic hydroxyl groups excluding tert-OH is 2. The van der Waals surface area contributed by atoms with E-state index in [0.717, 1.165) is 12.2 Å². The molecule has 0 bridgehead atoms. The van der Waals surface area contributed by atoms with Crippen molar-refractivity contribution in [2.24, 2.45) is 0 Å². The molecule has 0 rings (SSSR count). The summed E-state index contributed by atoms with van der Waals surface area (Å²) in [7, 11) is 0. The lowest BCUT2D eigenvalue weighted by Gasteiger charge is -2.13. The predicted molar refractivity (Wildman–Crippen MR) is 75.5 cm³/mol. The molecule has 126 valence electrons. The second kappa shape index (κ2) is 13.0. The van der Waals surface area contributed by atoms with Gasteiger partial charge in [-0.25, -0.2) is 9.59 Å². The van der Waals surface area contributed by atoms with E-state index in [1.54, 1.807) is 0 Å². The molecule has 2 atom stereocenters. The maximum atomic E-state index is 10.7. The number of hydrogen-bond donors (Lipinski definition) is 2. The Morgan fingerprint density at radius 3 is 1.55 bits per heavy atom. The van der Waals surface area contributed by atoms with E-state index in [-0.39, 0.29) is 26.4 Å². The number of aliphatic hydroxyl groups is 2. The summed E-state index contributed by atoms with van der Waals surface area (Å²) in [6, 6.07) is 0. The van der Waals surface area contributed by atoms with E-state index in [2.05, 4.69) is 22.6 Å². The van der Waals surface area contributed by atoms with Crippen molar-refractivity contribution in [3.05, 3.63) is 25.3 Å². The van der Waals surface area contributed by atoms with Crippen LogP contribution in [0.25, 0.3) is 0 Å². The molecule has 0 aliphatic heterocycles. The Balaban J connectivity index is 3.45. The summed E-state index contributed by atoms with van der Waals surface area (Å²) in [5, 5.41) is 18.6. The minimum atomic E-state index is -1.20. The van der Waals surface area contributed by atoms with Crippen LogP contribution in [-0.2, 0) is 28.5 Å². The van der Waals surface area contributed by atoms with Gasteiger partial charge in [-0.1, -0.05) is 13.2 Å². The topological polar surface area (TPSA) is 112 Å². The molecular weight excluding hydrogens is 296 g/mol. The number of unbranched alkanes of at least 4 members (excludes halogenated alkanes) is 1. The lowest BCUT2D eigenvalue weighted by molar-refractivity contribution is -0.165. The zero-order valence-corrected chi connectivity index (χ0v) is 12.3. The Kier molecular flexibility index (Phi) is 11.9. The van der Waals surface area contributed by atoms with Gasteiger partial charge >= 0.3 is 11.9 Å². The summed E-state index contributed by atoms with van der Waals surface area (Å²) in [4.78, 5) is 21.5. The van der Waals surface area contributed by atoms with Gasteiger partial charge in [0.2, 0.25) is 0 Å². The molecule has 0 aromatic rings. The second-order valence-electron chi connectivity index (χ2n) is 4.03. The lowest BCUT2D eigenvalue weighted by atomic mass is 10.3. The van der Waals surface area contributed by atoms with Crippen molar-refractivity contribution >= 4 is 11.9 Å². The molecule has 0 aromatic heterocycles. The van der Waals surface area contributed by atoms with Crippen LogP contribution in [-0.4, -0.2) is 61.2 Å². The third kappa shape index (κ3) is 12.0. The summed E-state index contributed by atoms with van der Waals surface area (Å²) < 4.78 is 19.1. The van der Waals surface area contributed by atoms with Gasteiger partial charge in [-0.05, 0) is 12.8 Å². The molecule has 2 N–H and O–H groups in total. The number of esters is 2. The molecule has 0 fully saturated rings. The smallest absolute Gasteiger partial charge is 0.330 e. The van der Waals surface area contributed by atoms with Gasteiger partial charge in [0.05, 0.1) is 0 Å². The summed E-state index contributed by atoms with van der Waals surface area (Å²) in [6.07, 6.45) is 0.697. The van der Waals surface area contributed by atoms with E-state index in [9.17, 15) is 19.8 Å². The van der Waals surface area contributed by atoms with Crippen molar-refractivity contribution in [1.29, 1.82) is 0 Å². The van der Waals surface area contributed by atoms with Crippen molar-refractivity contribution in [2.45, 2.75) is 25.4 Å². The van der Waals surface area contributed by atoms with Gasteiger partial charge in [0, 0.05) is 25.4 Å². The molecule has 0 saturated carbocycles. The monoisotopic (exact) mass is 318 g/mol. The largest absolute Gasteiger partial charge is 0.457 e. The first kappa shape index (κ1) is 20.3. The fourth-order valence-corrected chi connectivity index (χ4v) is 1.16. The second-order valence-corrected chi connectivity index (χ2v) is 4.03. The number of ether oxygens (including phenoxy) is 4. The molecule has 0 aliphatic rings. The maximum Gasteiger partial charge on any atom is 0.330 e. The van der Waals surface area contributed by atoms with Gasteiger partial charge in [-0.3, -0.25) is 0 Å². The highest BCUT2D eigenvalue weighted by Crippen LogP contribution is 1.98. The molecule has 0 radical (unpaired) electrons. The minimum absolute atomic E-state index is 0.234. The normalized spacial score (nSPS) is 13.0. The Hall–Kier alpha value is -1.74. The molecular formula is C14H22O8. The first-order valence-corrected chi connectivity index (χ1v) is 6.67. The van der Waals surface area contributed by atoms with Gasteiger partial charge in [0.1, 0.15) is 13.2 Å². The van der Waals surface area contributed by atoms with Crippen molar-refractivity contribution < 1.29 is 38.7 Å². The average Bonchev–Trinajstić information content (AvgIpc) is 2.53. The highest BCUT2D eigenvalue weighted by Gasteiger charge is 2.08. The van der Waals surface area contributed by atoms with E-state index >= 15 is 0 Å². The fourth-order valence-electron chi connectivity index (χ4n) is 1.16. The highest BCUT2D eigenvalue weighted by atomic mass is 16.6. The maximum absolute atomic E-state index is 10.7. The van der Waals surface area contributed by atoms with Gasteiger partial charge in [-0.2, -0.15) is 0 Å². The molecule has 0 heterocycles. The number of rotatable bonds is 13. The van der Waals surface area contributed by atoms with Crippen molar-refractivity contribution in [1.82, 2.24) is 0 Å². The van der Waals surface area contributed by atoms with Crippen molar-refractivity contribution in [3.8, 4) is 0 Å². The van der Waals surface area contributed by atoms with Gasteiger partial charge in [0.25, 0.3) is 0 Å². The first-order valence-electron chi connectivity index (χ1n) is 6.67. The summed E-state index contributed by atoms with van der Waals surface area (Å²) in [6.45, 7) is 6.35. The van der Waals surface area contributed by atoms with Crippen LogP contribution in [0.15, 0.2) is 25.3 Å². The standard InChI is InChI=1S/C14H22O8/c1-3-11(15)21-9-13(17)19-7-5-6-8-20-14(18)10-22-12(16)4-2/h3-4,13-14,17-18H,1-2,5-10H2. The van der Waals surface area contributed by atoms with Crippen LogP contribution in [0.3, 0.4) is 0 Å². The third-order valence-electron chi connectivity index (χ3n) is 2.23. The zero-order chi connectivity index (χ0) is 16.8. The Bertz CT molecular complexity index is 321. The zero-order valence-electron chi connectivity index (χ0n) is 12.3. The molecule has 0 saturated heterocycles. The summed E-state index contributed by atoms with van der Waals surface area (Å²) in [5.74, 6) is -1.27. The van der Waals surface area contributed by atoms with Crippen molar-refractivity contribution in [3.63, 3.8) is 0 Å². The first-order chi connectivity index (χ1) is 10.5. The SMILES string of the molecule is C=CC(=O)OCC(O)OCCCCOC(O)COC(=O)C=C. The van der Waals surface area contributed by atoms with Gasteiger partial charge < -0.3 is 29.2 Å². The number of carbonyl (C=O) groups excluding carboxylic acids is 2. The van der Waals surface area contributed by atoms with E-state index in [4.69, 9.17) is 9.47 Å². The molecule has 22 heavy (non-hydrogen) atoms. The van der Waals surface area contributed by atoms with Crippen LogP contribution in [0.2, 0.25) is 0 Å². The van der Waals surface area contributed by atoms with Gasteiger partial charge in [0.15, 0.2) is 12.6 Å². The van der Waals surface area contributed by atoms with Crippen LogP contribution < -0.4 is 0 Å². The van der Waals surface area contributed by atoms with E-state index < -0.39 is 24.5 Å². The summed E-state index contributed by atoms with van der Waals surface area (Å²) in [5.41, 5.74) is 0. The molecule has 8 nitrogen and oxygen atoms in total. The average molecular weight is 318 g/mol. The Morgan fingerprint density at radius 1 is 0.864 bits per heavy atom. The van der Waals surface area contributed by atoms with Crippen LogP contribution in [0.1, 0.15) is 12.8 Å². The third-order valence-corrected chi connectivity index (χ3v) is 2.23. The molecule has 8 heteroatoms. The van der Waals surface area contributed by atoms with Gasteiger partial charge in [-0.15, -0.1) is 0 Å². The van der Waals surface area contributed by atoms with Crippen LogP contribution in [0, 0.1) is 0 Å². The van der Waals surface area contributed by atoms with Crippen LogP contribution in [0.5, 0.6) is 0 Å². The molecule has 0 aliphatic carbocycles. The molecule has 0 spiro atoms. The lowest BCUT2D eigenvalue weighted by Crippen LogP contribution is -2.22. The van der Waals surface area contributed by atoms with Crippen LogP contribution in [0.4, 0.5) is 0 Å². The number of carbonyl (C=O) groups is 2. The fraction of sp³-hybridized carbons (Fsp3) is 0.571. The van der Waals surface area contributed by atoms with E-state index in [0.29, 0.717) is 12.8 Å². The van der Waals surface area contributed by atoms with E-state index in [1.165, 1.54) is 0 Å². The Morgan fingerprint density at radius 2 is 1.23 bits per heavy atom. The molecule has 2 unspecified atom stereocenters. The summed E-state index contributed by atoms with van der Waals surface area (Å²) >= 11 is 0. The van der Waals surface area contributed by atoms with E-state index in [1.807, 2.05) is 0 Å². The minimum Gasteiger partial charge on any atom is -0.457 e. The molecule has 0 aromatic carbocycles. The highest BCUT2D eigenvalue weighted by molar-refractivity contribution is 5.81.